The Kier molecular flexibility index (Phi) is 4.66. The monoisotopic (exact) mass is 356 g/mol. The summed E-state index contributed by atoms with van der Waals surface area (Å²) in [4.78, 5) is 8.54. The Morgan fingerprint density at radius 3 is 2.41 bits per heavy atom. The highest BCUT2D eigenvalue weighted by atomic mass is 16.5. The SMILES string of the molecule is Cc1ccc(-c2ccc(OCc3nn(C)cc3-c3ccncc3)cc2)nc1. The van der Waals surface area contributed by atoms with Crippen LogP contribution < -0.4 is 4.74 Å². The summed E-state index contributed by atoms with van der Waals surface area (Å²) in [5, 5.41) is 4.54. The molecule has 0 aliphatic carbocycles. The summed E-state index contributed by atoms with van der Waals surface area (Å²) in [6.07, 6.45) is 7.44. The summed E-state index contributed by atoms with van der Waals surface area (Å²) in [7, 11) is 1.91. The minimum Gasteiger partial charge on any atom is -0.487 e. The van der Waals surface area contributed by atoms with Crippen LogP contribution in [0.4, 0.5) is 0 Å². The van der Waals surface area contributed by atoms with Crippen LogP contribution in [0.1, 0.15) is 11.3 Å². The maximum Gasteiger partial charge on any atom is 0.133 e. The van der Waals surface area contributed by atoms with E-state index < -0.39 is 0 Å². The van der Waals surface area contributed by atoms with Gasteiger partial charge >= 0.3 is 0 Å². The first-order chi connectivity index (χ1) is 13.2. The average Bonchev–Trinajstić information content (AvgIpc) is 3.09. The van der Waals surface area contributed by atoms with E-state index in [0.717, 1.165) is 39.4 Å². The topological polar surface area (TPSA) is 52.8 Å². The molecule has 0 N–H and O–H groups in total. The molecule has 0 atom stereocenters. The number of aryl methyl sites for hydroxylation is 2. The lowest BCUT2D eigenvalue weighted by Gasteiger charge is -2.07. The summed E-state index contributed by atoms with van der Waals surface area (Å²) in [6.45, 7) is 2.44. The van der Waals surface area contributed by atoms with E-state index in [1.165, 1.54) is 0 Å². The molecule has 0 bridgehead atoms. The zero-order valence-corrected chi connectivity index (χ0v) is 15.3. The van der Waals surface area contributed by atoms with Crippen molar-refractivity contribution in [2.45, 2.75) is 13.5 Å². The van der Waals surface area contributed by atoms with Crippen LogP contribution in [-0.2, 0) is 13.7 Å². The van der Waals surface area contributed by atoms with Crippen molar-refractivity contribution in [3.63, 3.8) is 0 Å². The number of benzene rings is 1. The minimum absolute atomic E-state index is 0.403. The lowest BCUT2D eigenvalue weighted by Crippen LogP contribution is -1.99. The van der Waals surface area contributed by atoms with Gasteiger partial charge in [0.1, 0.15) is 18.1 Å². The molecule has 3 heterocycles. The first-order valence-corrected chi connectivity index (χ1v) is 8.78. The predicted molar refractivity (Wildman–Crippen MR) is 105 cm³/mol. The van der Waals surface area contributed by atoms with Crippen molar-refractivity contribution in [1.82, 2.24) is 19.7 Å². The normalized spacial score (nSPS) is 10.7. The van der Waals surface area contributed by atoms with Crippen LogP contribution >= 0.6 is 0 Å². The molecule has 0 saturated carbocycles. The Balaban J connectivity index is 1.49. The zero-order valence-electron chi connectivity index (χ0n) is 15.3. The van der Waals surface area contributed by atoms with E-state index in [1.807, 2.05) is 68.8 Å². The fraction of sp³-hybridized carbons (Fsp3) is 0.136. The number of rotatable bonds is 5. The molecule has 0 spiro atoms. The maximum absolute atomic E-state index is 5.97. The number of hydrogen-bond acceptors (Lipinski definition) is 4. The standard InChI is InChI=1S/C22H20N4O/c1-16-3-8-21(24-13-16)18-4-6-19(7-5-18)27-15-22-20(14-26(2)25-22)17-9-11-23-12-10-17/h3-14H,15H2,1-2H3. The molecule has 0 aliphatic rings. The van der Waals surface area contributed by atoms with Gasteiger partial charge in [-0.05, 0) is 60.5 Å². The molecule has 0 fully saturated rings. The summed E-state index contributed by atoms with van der Waals surface area (Å²) in [5.74, 6) is 0.803. The van der Waals surface area contributed by atoms with E-state index in [2.05, 4.69) is 21.1 Å². The molecule has 5 heteroatoms. The number of aromatic nitrogens is 4. The van der Waals surface area contributed by atoms with Crippen molar-refractivity contribution in [2.75, 3.05) is 0 Å². The average molecular weight is 356 g/mol. The Morgan fingerprint density at radius 1 is 0.926 bits per heavy atom. The first kappa shape index (κ1) is 17.0. The van der Waals surface area contributed by atoms with Crippen molar-refractivity contribution in [3.05, 3.63) is 84.6 Å². The van der Waals surface area contributed by atoms with E-state index in [4.69, 9.17) is 4.74 Å². The third-order valence-electron chi connectivity index (χ3n) is 4.33. The Morgan fingerprint density at radius 2 is 1.70 bits per heavy atom. The maximum atomic E-state index is 5.97. The Labute approximate surface area is 158 Å². The van der Waals surface area contributed by atoms with Crippen molar-refractivity contribution < 1.29 is 4.74 Å². The van der Waals surface area contributed by atoms with Crippen LogP contribution in [0.3, 0.4) is 0 Å². The fourth-order valence-corrected chi connectivity index (χ4v) is 2.93. The van der Waals surface area contributed by atoms with Gasteiger partial charge in [-0.3, -0.25) is 14.6 Å². The van der Waals surface area contributed by atoms with Gasteiger partial charge in [0.05, 0.1) is 5.69 Å². The molecule has 4 rings (SSSR count). The number of hydrogen-bond donors (Lipinski definition) is 0. The second-order valence-electron chi connectivity index (χ2n) is 6.43. The molecule has 0 unspecified atom stereocenters. The zero-order chi connectivity index (χ0) is 18.6. The number of nitrogens with zero attached hydrogens (tertiary/aromatic N) is 4. The molecular weight excluding hydrogens is 336 g/mol. The van der Waals surface area contributed by atoms with Gasteiger partial charge in [0.25, 0.3) is 0 Å². The minimum atomic E-state index is 0.403. The molecule has 0 aliphatic heterocycles. The van der Waals surface area contributed by atoms with Gasteiger partial charge in [-0.25, -0.2) is 0 Å². The third-order valence-corrected chi connectivity index (χ3v) is 4.33. The smallest absolute Gasteiger partial charge is 0.133 e. The van der Waals surface area contributed by atoms with Crippen LogP contribution in [0.5, 0.6) is 5.75 Å². The Hall–Kier alpha value is -3.47. The predicted octanol–water partition coefficient (Wildman–Crippen LogP) is 4.43. The third kappa shape index (κ3) is 3.87. The Bertz CT molecular complexity index is 1020. The highest BCUT2D eigenvalue weighted by Crippen LogP contribution is 2.25. The molecule has 134 valence electrons. The van der Waals surface area contributed by atoms with Crippen molar-refractivity contribution >= 4 is 0 Å². The van der Waals surface area contributed by atoms with Crippen LogP contribution in [0.2, 0.25) is 0 Å². The summed E-state index contributed by atoms with van der Waals surface area (Å²) in [6, 6.07) is 16.0. The lowest BCUT2D eigenvalue weighted by molar-refractivity contribution is 0.300. The van der Waals surface area contributed by atoms with Gasteiger partial charge in [0, 0.05) is 43.0 Å². The number of pyridine rings is 2. The number of ether oxygens (including phenoxy) is 1. The molecule has 0 saturated heterocycles. The molecule has 0 amide bonds. The van der Waals surface area contributed by atoms with Gasteiger partial charge in [-0.2, -0.15) is 5.10 Å². The van der Waals surface area contributed by atoms with Gasteiger partial charge in [-0.1, -0.05) is 6.07 Å². The van der Waals surface area contributed by atoms with Crippen LogP contribution in [0.25, 0.3) is 22.4 Å². The van der Waals surface area contributed by atoms with E-state index in [9.17, 15) is 0 Å². The summed E-state index contributed by atoms with van der Waals surface area (Å²) in [5.41, 5.74) is 6.21. The van der Waals surface area contributed by atoms with Gasteiger partial charge in [0.2, 0.25) is 0 Å². The highest BCUT2D eigenvalue weighted by Gasteiger charge is 2.11. The second-order valence-corrected chi connectivity index (χ2v) is 6.43. The van der Waals surface area contributed by atoms with Gasteiger partial charge in [0.15, 0.2) is 0 Å². The van der Waals surface area contributed by atoms with Crippen LogP contribution in [0, 0.1) is 6.92 Å². The van der Waals surface area contributed by atoms with Crippen molar-refractivity contribution in [3.8, 4) is 28.1 Å². The molecule has 4 aromatic rings. The molecular formula is C22H20N4O. The first-order valence-electron chi connectivity index (χ1n) is 8.78. The summed E-state index contributed by atoms with van der Waals surface area (Å²) < 4.78 is 7.77. The van der Waals surface area contributed by atoms with Crippen LogP contribution in [-0.4, -0.2) is 19.7 Å². The largest absolute Gasteiger partial charge is 0.487 e. The molecule has 3 aromatic heterocycles. The fourth-order valence-electron chi connectivity index (χ4n) is 2.93. The molecule has 0 radical (unpaired) electrons. The van der Waals surface area contributed by atoms with E-state index >= 15 is 0 Å². The van der Waals surface area contributed by atoms with Crippen molar-refractivity contribution in [2.24, 2.45) is 7.05 Å². The highest BCUT2D eigenvalue weighted by molar-refractivity contribution is 5.64. The van der Waals surface area contributed by atoms with E-state index in [-0.39, 0.29) is 0 Å². The molecule has 5 nitrogen and oxygen atoms in total. The lowest BCUT2D eigenvalue weighted by atomic mass is 10.1. The quantitative estimate of drug-likeness (QED) is 0.531. The molecule has 1 aromatic carbocycles. The van der Waals surface area contributed by atoms with Gasteiger partial charge < -0.3 is 4.74 Å². The van der Waals surface area contributed by atoms with Gasteiger partial charge in [-0.15, -0.1) is 0 Å². The van der Waals surface area contributed by atoms with Crippen LogP contribution in [0.15, 0.2) is 73.3 Å². The summed E-state index contributed by atoms with van der Waals surface area (Å²) >= 11 is 0. The molecule has 27 heavy (non-hydrogen) atoms. The van der Waals surface area contributed by atoms with E-state index in [1.54, 1.807) is 17.1 Å². The van der Waals surface area contributed by atoms with Crippen molar-refractivity contribution in [1.29, 1.82) is 0 Å². The van der Waals surface area contributed by atoms with E-state index in [0.29, 0.717) is 6.61 Å². The second kappa shape index (κ2) is 7.41.